The largest absolute Gasteiger partial charge is 0.374 e. The van der Waals surface area contributed by atoms with Crippen LogP contribution in [0.3, 0.4) is 0 Å². The lowest BCUT2D eigenvalue weighted by Crippen LogP contribution is -2.23. The summed E-state index contributed by atoms with van der Waals surface area (Å²) in [7, 11) is -3.63. The van der Waals surface area contributed by atoms with Crippen LogP contribution in [0.25, 0.3) is 0 Å². The lowest BCUT2D eigenvalue weighted by atomic mass is 10.2. The minimum absolute atomic E-state index is 0.118. The summed E-state index contributed by atoms with van der Waals surface area (Å²) in [6, 6.07) is 7.58. The maximum atomic E-state index is 11.8. The fraction of sp³-hybridized carbons (Fsp3) is 0.200. The highest BCUT2D eigenvalue weighted by Crippen LogP contribution is 2.16. The Morgan fingerprint density at radius 3 is 2.50 bits per heavy atom. The maximum Gasteiger partial charge on any atom is 0.270 e. The van der Waals surface area contributed by atoms with Crippen molar-refractivity contribution in [3.63, 3.8) is 0 Å². The van der Waals surface area contributed by atoms with Gasteiger partial charge in [-0.1, -0.05) is 41.2 Å². The molecule has 0 bridgehead atoms. The minimum Gasteiger partial charge on any atom is -0.374 e. The molecule has 0 fully saturated rings. The number of benzene rings is 1. The first kappa shape index (κ1) is 12.9. The van der Waals surface area contributed by atoms with Crippen LogP contribution in [-0.4, -0.2) is 18.6 Å². The molecule has 0 radical (unpaired) electrons. The molecule has 1 aromatic heterocycles. The van der Waals surface area contributed by atoms with Gasteiger partial charge in [0.15, 0.2) is 0 Å². The van der Waals surface area contributed by atoms with Gasteiger partial charge in [-0.3, -0.25) is 0 Å². The summed E-state index contributed by atoms with van der Waals surface area (Å²) in [5, 5.41) is 7.11. The molecule has 0 saturated heterocycles. The van der Waals surface area contributed by atoms with Crippen LogP contribution in [0, 0.1) is 6.92 Å². The molecule has 8 heteroatoms. The molecule has 0 atom stereocenters. The Kier molecular flexibility index (Phi) is 3.60. The Hall–Kier alpha value is -1.51. The second kappa shape index (κ2) is 5.01. The lowest BCUT2D eigenvalue weighted by Gasteiger charge is -2.03. The monoisotopic (exact) mass is 284 g/mol. The van der Waals surface area contributed by atoms with Gasteiger partial charge in [0.05, 0.1) is 0 Å². The van der Waals surface area contributed by atoms with E-state index in [1.54, 1.807) is 0 Å². The van der Waals surface area contributed by atoms with Crippen molar-refractivity contribution in [1.29, 1.82) is 0 Å². The average molecular weight is 284 g/mol. The van der Waals surface area contributed by atoms with Gasteiger partial charge in [0, 0.05) is 6.54 Å². The van der Waals surface area contributed by atoms with Gasteiger partial charge in [0.1, 0.15) is 0 Å². The maximum absolute atomic E-state index is 11.8. The van der Waals surface area contributed by atoms with E-state index in [-0.39, 0.29) is 16.0 Å². The van der Waals surface area contributed by atoms with Crippen molar-refractivity contribution in [2.75, 3.05) is 5.73 Å². The third-order valence-corrected chi connectivity index (χ3v) is 4.76. The molecule has 0 spiro atoms. The molecule has 3 N–H and O–H groups in total. The van der Waals surface area contributed by atoms with Gasteiger partial charge in [-0.15, -0.1) is 10.2 Å². The lowest BCUT2D eigenvalue weighted by molar-refractivity contribution is 0.579. The number of aryl methyl sites for hydroxylation is 1. The van der Waals surface area contributed by atoms with Gasteiger partial charge >= 0.3 is 0 Å². The molecular weight excluding hydrogens is 272 g/mol. The first-order valence-electron chi connectivity index (χ1n) is 5.11. The molecule has 0 aliphatic heterocycles. The van der Waals surface area contributed by atoms with E-state index >= 15 is 0 Å². The van der Waals surface area contributed by atoms with Crippen molar-refractivity contribution in [3.05, 3.63) is 35.4 Å². The number of hydrogen-bond donors (Lipinski definition) is 2. The van der Waals surface area contributed by atoms with E-state index in [1.165, 1.54) is 0 Å². The summed E-state index contributed by atoms with van der Waals surface area (Å²) in [5.41, 5.74) is 7.35. The van der Waals surface area contributed by atoms with Crippen molar-refractivity contribution in [1.82, 2.24) is 14.9 Å². The topological polar surface area (TPSA) is 98.0 Å². The van der Waals surface area contributed by atoms with E-state index < -0.39 is 10.0 Å². The number of anilines is 1. The van der Waals surface area contributed by atoms with Crippen molar-refractivity contribution < 1.29 is 8.42 Å². The Morgan fingerprint density at radius 1 is 1.28 bits per heavy atom. The summed E-state index contributed by atoms with van der Waals surface area (Å²) in [4.78, 5) is 0. The van der Waals surface area contributed by atoms with E-state index in [2.05, 4.69) is 14.9 Å². The smallest absolute Gasteiger partial charge is 0.270 e. The molecule has 1 aromatic carbocycles. The van der Waals surface area contributed by atoms with Crippen LogP contribution in [0.1, 0.15) is 11.1 Å². The number of hydrogen-bond acceptors (Lipinski definition) is 6. The molecule has 0 saturated carbocycles. The number of nitrogens with zero attached hydrogens (tertiary/aromatic N) is 2. The Morgan fingerprint density at radius 2 is 1.94 bits per heavy atom. The van der Waals surface area contributed by atoms with Crippen LogP contribution in [0.2, 0.25) is 0 Å². The zero-order chi connectivity index (χ0) is 13.2. The van der Waals surface area contributed by atoms with Crippen molar-refractivity contribution in [2.24, 2.45) is 0 Å². The quantitative estimate of drug-likeness (QED) is 0.869. The number of rotatable bonds is 4. The normalized spacial score (nSPS) is 11.6. The van der Waals surface area contributed by atoms with Gasteiger partial charge in [-0.2, -0.15) is 0 Å². The summed E-state index contributed by atoms with van der Waals surface area (Å²) in [6.07, 6.45) is 0. The standard InChI is InChI=1S/C10H12N4O2S2/c1-7-2-4-8(5-3-7)6-12-18(15,16)10-14-13-9(11)17-10/h2-5,12H,6H2,1H3,(H2,11,13). The predicted molar refractivity (Wildman–Crippen MR) is 69.5 cm³/mol. The van der Waals surface area contributed by atoms with Crippen LogP contribution in [-0.2, 0) is 16.6 Å². The highest BCUT2D eigenvalue weighted by Gasteiger charge is 2.18. The van der Waals surface area contributed by atoms with Crippen LogP contribution >= 0.6 is 11.3 Å². The SMILES string of the molecule is Cc1ccc(CNS(=O)(=O)c2nnc(N)s2)cc1. The van der Waals surface area contributed by atoms with Gasteiger partial charge in [0.25, 0.3) is 10.0 Å². The zero-order valence-corrected chi connectivity index (χ0v) is 11.3. The molecule has 0 amide bonds. The second-order valence-corrected chi connectivity index (χ2v) is 6.67. The summed E-state index contributed by atoms with van der Waals surface area (Å²) in [6.45, 7) is 2.18. The third kappa shape index (κ3) is 3.03. The van der Waals surface area contributed by atoms with Crippen molar-refractivity contribution >= 4 is 26.5 Å². The van der Waals surface area contributed by atoms with E-state index in [1.807, 2.05) is 31.2 Å². The molecule has 2 aromatic rings. The first-order chi connectivity index (χ1) is 8.47. The molecular formula is C10H12N4O2S2. The minimum atomic E-state index is -3.63. The molecule has 18 heavy (non-hydrogen) atoms. The summed E-state index contributed by atoms with van der Waals surface area (Å²) < 4.78 is 26.0. The highest BCUT2D eigenvalue weighted by molar-refractivity contribution is 7.91. The molecule has 0 unspecified atom stereocenters. The number of nitrogen functional groups attached to an aromatic ring is 1. The Labute approximate surface area is 109 Å². The highest BCUT2D eigenvalue weighted by atomic mass is 32.2. The van der Waals surface area contributed by atoms with E-state index in [9.17, 15) is 8.42 Å². The van der Waals surface area contributed by atoms with Gasteiger partial charge in [0.2, 0.25) is 9.47 Å². The van der Waals surface area contributed by atoms with E-state index in [0.29, 0.717) is 0 Å². The van der Waals surface area contributed by atoms with Crippen LogP contribution in [0.15, 0.2) is 28.6 Å². The number of sulfonamides is 1. The Balaban J connectivity index is 2.08. The zero-order valence-electron chi connectivity index (χ0n) is 9.62. The molecule has 6 nitrogen and oxygen atoms in total. The van der Waals surface area contributed by atoms with Crippen LogP contribution in [0.4, 0.5) is 5.13 Å². The molecule has 96 valence electrons. The van der Waals surface area contributed by atoms with Gasteiger partial charge in [-0.05, 0) is 12.5 Å². The average Bonchev–Trinajstić information content (AvgIpc) is 2.76. The van der Waals surface area contributed by atoms with E-state index in [0.717, 1.165) is 22.5 Å². The first-order valence-corrected chi connectivity index (χ1v) is 7.41. The van der Waals surface area contributed by atoms with Crippen LogP contribution in [0.5, 0.6) is 0 Å². The summed E-state index contributed by atoms with van der Waals surface area (Å²) >= 11 is 0.837. The van der Waals surface area contributed by atoms with Gasteiger partial charge in [-0.25, -0.2) is 13.1 Å². The number of aromatic nitrogens is 2. The molecule has 2 rings (SSSR count). The number of nitrogens with two attached hydrogens (primary N) is 1. The fourth-order valence-corrected chi connectivity index (χ4v) is 3.12. The van der Waals surface area contributed by atoms with Crippen molar-refractivity contribution in [2.45, 2.75) is 17.8 Å². The molecule has 0 aliphatic carbocycles. The molecule has 1 heterocycles. The van der Waals surface area contributed by atoms with Crippen molar-refractivity contribution in [3.8, 4) is 0 Å². The molecule has 0 aliphatic rings. The number of nitrogens with one attached hydrogen (secondary N) is 1. The van der Waals surface area contributed by atoms with Gasteiger partial charge < -0.3 is 5.73 Å². The fourth-order valence-electron chi connectivity index (χ4n) is 1.27. The Bertz CT molecular complexity index is 634. The predicted octanol–water partition coefficient (Wildman–Crippen LogP) is 0.907. The van der Waals surface area contributed by atoms with E-state index in [4.69, 9.17) is 5.73 Å². The third-order valence-electron chi connectivity index (χ3n) is 2.24. The summed E-state index contributed by atoms with van der Waals surface area (Å²) in [5.74, 6) is 0. The van der Waals surface area contributed by atoms with Crippen LogP contribution < -0.4 is 10.5 Å². The second-order valence-electron chi connectivity index (χ2n) is 3.72.